The summed E-state index contributed by atoms with van der Waals surface area (Å²) < 4.78 is 6.08. The fraction of sp³-hybridized carbons (Fsp3) is 0.459. The van der Waals surface area contributed by atoms with E-state index < -0.39 is 0 Å². The summed E-state index contributed by atoms with van der Waals surface area (Å²) in [6.45, 7) is 11.5. The van der Waals surface area contributed by atoms with Crippen molar-refractivity contribution >= 4 is 17.5 Å². The van der Waals surface area contributed by atoms with E-state index in [1.807, 2.05) is 70.5 Å². The number of para-hydroxylation sites is 1. The van der Waals surface area contributed by atoms with E-state index in [-0.39, 0.29) is 11.8 Å². The topological polar surface area (TPSA) is 56.3 Å². The number of nitrogens with zero attached hydrogens (tertiary/aromatic N) is 4. The molecule has 0 saturated carbocycles. The highest BCUT2D eigenvalue weighted by molar-refractivity contribution is 5.96. The molecule has 7 nitrogen and oxygen atoms in total. The SMILES string of the molecule is CC(C)N1CCCN(C(=O)CCc2ccccc2)c2ccccc2CN(C(=O)c2cccc(OCCN3CCCC3)c2)CC1. The number of anilines is 1. The van der Waals surface area contributed by atoms with Crippen LogP contribution in [0.15, 0.2) is 78.9 Å². The minimum Gasteiger partial charge on any atom is -0.492 e. The molecule has 1 saturated heterocycles. The van der Waals surface area contributed by atoms with Gasteiger partial charge in [0.25, 0.3) is 5.91 Å². The molecule has 0 radical (unpaired) electrons. The maximum absolute atomic E-state index is 14.1. The molecule has 0 unspecified atom stereocenters. The van der Waals surface area contributed by atoms with Crippen LogP contribution in [-0.4, -0.2) is 85.0 Å². The molecule has 2 amide bonds. The third-order valence-corrected chi connectivity index (χ3v) is 8.87. The molecule has 0 bridgehead atoms. The van der Waals surface area contributed by atoms with Crippen LogP contribution in [0.3, 0.4) is 0 Å². The van der Waals surface area contributed by atoms with Gasteiger partial charge in [0.15, 0.2) is 0 Å². The van der Waals surface area contributed by atoms with Crippen LogP contribution in [-0.2, 0) is 17.8 Å². The lowest BCUT2D eigenvalue weighted by atomic mass is 10.1. The molecule has 0 aromatic heterocycles. The largest absolute Gasteiger partial charge is 0.492 e. The van der Waals surface area contributed by atoms with E-state index in [2.05, 4.69) is 41.8 Å². The van der Waals surface area contributed by atoms with Crippen LogP contribution in [0.25, 0.3) is 0 Å². The first-order valence-electron chi connectivity index (χ1n) is 16.4. The standard InChI is InChI=1S/C37H48N4O3/c1-30(2)39-22-11-23-41(36(42)19-18-31-12-4-3-5-13-31)35-17-7-6-14-33(35)29-40(25-24-39)37(43)32-15-10-16-34(28-32)44-27-26-38-20-8-9-21-38/h3-7,10,12-17,28,30H,8-9,11,18-27,29H2,1-2H3. The lowest BCUT2D eigenvalue weighted by molar-refractivity contribution is -0.118. The molecule has 0 atom stereocenters. The first kappa shape index (κ1) is 31.7. The zero-order valence-electron chi connectivity index (χ0n) is 26.5. The maximum atomic E-state index is 14.1. The molecule has 7 heteroatoms. The molecule has 234 valence electrons. The monoisotopic (exact) mass is 596 g/mol. The van der Waals surface area contributed by atoms with Gasteiger partial charge in [0.1, 0.15) is 12.4 Å². The second-order valence-electron chi connectivity index (χ2n) is 12.3. The summed E-state index contributed by atoms with van der Waals surface area (Å²) in [6, 6.07) is 26.2. The molecule has 2 aliphatic rings. The summed E-state index contributed by atoms with van der Waals surface area (Å²) in [5.74, 6) is 0.829. The van der Waals surface area contributed by atoms with Crippen molar-refractivity contribution in [3.05, 3.63) is 95.6 Å². The number of hydrogen-bond acceptors (Lipinski definition) is 5. The van der Waals surface area contributed by atoms with Crippen molar-refractivity contribution in [1.29, 1.82) is 0 Å². The van der Waals surface area contributed by atoms with Gasteiger partial charge in [-0.2, -0.15) is 0 Å². The maximum Gasteiger partial charge on any atom is 0.254 e. The highest BCUT2D eigenvalue weighted by Crippen LogP contribution is 2.26. The van der Waals surface area contributed by atoms with Gasteiger partial charge >= 0.3 is 0 Å². The number of aryl methyl sites for hydroxylation is 1. The summed E-state index contributed by atoms with van der Waals surface area (Å²) in [6.07, 6.45) is 4.54. The Hall–Kier alpha value is -3.68. The molecule has 0 aliphatic carbocycles. The average molecular weight is 597 g/mol. The molecule has 0 N–H and O–H groups in total. The molecule has 1 fully saturated rings. The van der Waals surface area contributed by atoms with E-state index in [1.54, 1.807) is 0 Å². The molecule has 3 aromatic carbocycles. The Morgan fingerprint density at radius 1 is 0.795 bits per heavy atom. The molecule has 5 rings (SSSR count). The smallest absolute Gasteiger partial charge is 0.254 e. The summed E-state index contributed by atoms with van der Waals surface area (Å²) in [5, 5.41) is 0. The molecule has 2 aliphatic heterocycles. The summed E-state index contributed by atoms with van der Waals surface area (Å²) in [5.41, 5.74) is 3.69. The van der Waals surface area contributed by atoms with E-state index in [0.717, 1.165) is 61.7 Å². The van der Waals surface area contributed by atoms with Gasteiger partial charge in [0.05, 0.1) is 0 Å². The van der Waals surface area contributed by atoms with Gasteiger partial charge in [-0.15, -0.1) is 0 Å². The van der Waals surface area contributed by atoms with Crippen LogP contribution in [0, 0.1) is 0 Å². The molecule has 44 heavy (non-hydrogen) atoms. The highest BCUT2D eigenvalue weighted by atomic mass is 16.5. The Morgan fingerprint density at radius 2 is 1.57 bits per heavy atom. The van der Waals surface area contributed by atoms with Crippen LogP contribution in [0.2, 0.25) is 0 Å². The number of rotatable bonds is 9. The number of fused-ring (bicyclic) bond motifs is 1. The third kappa shape index (κ3) is 8.70. The average Bonchev–Trinajstić information content (AvgIpc) is 3.55. The second kappa shape index (κ2) is 15.9. The van der Waals surface area contributed by atoms with Crippen LogP contribution in [0.1, 0.15) is 61.0 Å². The van der Waals surface area contributed by atoms with Crippen molar-refractivity contribution in [1.82, 2.24) is 14.7 Å². The lowest BCUT2D eigenvalue weighted by Crippen LogP contribution is -2.41. The fourth-order valence-electron chi connectivity index (χ4n) is 6.29. The van der Waals surface area contributed by atoms with Gasteiger partial charge in [-0.1, -0.05) is 54.6 Å². The van der Waals surface area contributed by atoms with Crippen LogP contribution in [0.5, 0.6) is 5.75 Å². The Bertz CT molecular complexity index is 1360. The zero-order valence-corrected chi connectivity index (χ0v) is 26.5. The minimum atomic E-state index is -0.0188. The van der Waals surface area contributed by atoms with Gasteiger partial charge in [-0.25, -0.2) is 0 Å². The first-order chi connectivity index (χ1) is 21.5. The van der Waals surface area contributed by atoms with Crippen LogP contribution >= 0.6 is 0 Å². The van der Waals surface area contributed by atoms with E-state index in [9.17, 15) is 9.59 Å². The van der Waals surface area contributed by atoms with Gasteiger partial charge in [0, 0.05) is 63.0 Å². The van der Waals surface area contributed by atoms with E-state index in [1.165, 1.54) is 12.8 Å². The number of amides is 2. The third-order valence-electron chi connectivity index (χ3n) is 8.87. The second-order valence-corrected chi connectivity index (χ2v) is 12.3. The van der Waals surface area contributed by atoms with Crippen molar-refractivity contribution in [3.8, 4) is 5.75 Å². The molecule has 2 heterocycles. The molecular formula is C37H48N4O3. The van der Waals surface area contributed by atoms with Crippen LogP contribution < -0.4 is 9.64 Å². The van der Waals surface area contributed by atoms with Crippen molar-refractivity contribution in [3.63, 3.8) is 0 Å². The Balaban J connectivity index is 1.36. The Morgan fingerprint density at radius 3 is 2.36 bits per heavy atom. The van der Waals surface area contributed by atoms with Gasteiger partial charge in [-0.3, -0.25) is 19.4 Å². The molecular weight excluding hydrogens is 548 g/mol. The van der Waals surface area contributed by atoms with E-state index in [0.29, 0.717) is 50.7 Å². The summed E-state index contributed by atoms with van der Waals surface area (Å²) >= 11 is 0. The molecule has 0 spiro atoms. The number of hydrogen-bond donors (Lipinski definition) is 0. The normalized spacial score (nSPS) is 16.9. The van der Waals surface area contributed by atoms with Crippen molar-refractivity contribution < 1.29 is 14.3 Å². The Kier molecular flexibility index (Phi) is 11.4. The van der Waals surface area contributed by atoms with Crippen molar-refractivity contribution in [2.24, 2.45) is 0 Å². The molecule has 3 aromatic rings. The number of carbonyl (C=O) groups is 2. The van der Waals surface area contributed by atoms with E-state index in [4.69, 9.17) is 4.74 Å². The summed E-state index contributed by atoms with van der Waals surface area (Å²) in [7, 11) is 0. The predicted octanol–water partition coefficient (Wildman–Crippen LogP) is 5.88. The van der Waals surface area contributed by atoms with Gasteiger partial charge in [0.2, 0.25) is 5.91 Å². The lowest BCUT2D eigenvalue weighted by Gasteiger charge is -2.30. The van der Waals surface area contributed by atoms with Crippen LogP contribution in [0.4, 0.5) is 5.69 Å². The Labute approximate surface area is 263 Å². The number of carbonyl (C=O) groups excluding carboxylic acids is 2. The quantitative estimate of drug-likeness (QED) is 0.309. The van der Waals surface area contributed by atoms with E-state index >= 15 is 0 Å². The number of benzene rings is 3. The fourth-order valence-corrected chi connectivity index (χ4v) is 6.29. The zero-order chi connectivity index (χ0) is 30.7. The number of ether oxygens (including phenoxy) is 1. The predicted molar refractivity (Wildman–Crippen MR) is 177 cm³/mol. The first-order valence-corrected chi connectivity index (χ1v) is 16.4. The van der Waals surface area contributed by atoms with Crippen molar-refractivity contribution in [2.45, 2.75) is 58.5 Å². The minimum absolute atomic E-state index is 0.0188. The van der Waals surface area contributed by atoms with Gasteiger partial charge in [-0.05, 0) is 88.0 Å². The highest BCUT2D eigenvalue weighted by Gasteiger charge is 2.25. The van der Waals surface area contributed by atoms with Gasteiger partial charge < -0.3 is 14.5 Å². The summed E-state index contributed by atoms with van der Waals surface area (Å²) in [4.78, 5) is 36.6. The van der Waals surface area contributed by atoms with Crippen molar-refractivity contribution in [2.75, 3.05) is 57.3 Å². The number of likely N-dealkylation sites (tertiary alicyclic amines) is 1.